The summed E-state index contributed by atoms with van der Waals surface area (Å²) < 4.78 is 0. The van der Waals surface area contributed by atoms with Gasteiger partial charge in [-0.05, 0) is 29.7 Å². The Kier molecular flexibility index (Phi) is 4.72. The summed E-state index contributed by atoms with van der Waals surface area (Å²) in [6, 6.07) is 14.6. The Balaban J connectivity index is 2.29. The van der Waals surface area contributed by atoms with E-state index in [4.69, 9.17) is 0 Å². The Morgan fingerprint density at radius 1 is 1.00 bits per heavy atom. The van der Waals surface area contributed by atoms with Crippen LogP contribution < -0.4 is 10.6 Å². The molecule has 0 heterocycles. The molecular formula is C17H18N2O2. The van der Waals surface area contributed by atoms with Gasteiger partial charge in [0.2, 0.25) is 6.41 Å². The summed E-state index contributed by atoms with van der Waals surface area (Å²) >= 11 is 0. The molecule has 2 aromatic rings. The van der Waals surface area contributed by atoms with Crippen molar-refractivity contribution in [2.75, 3.05) is 10.6 Å². The van der Waals surface area contributed by atoms with E-state index in [0.717, 1.165) is 11.3 Å². The summed E-state index contributed by atoms with van der Waals surface area (Å²) in [7, 11) is 0. The average molecular weight is 282 g/mol. The smallest absolute Gasteiger partial charge is 0.257 e. The summed E-state index contributed by atoms with van der Waals surface area (Å²) in [5, 5.41) is 5.45. The molecule has 108 valence electrons. The van der Waals surface area contributed by atoms with Crippen LogP contribution in [0, 0.1) is 0 Å². The second kappa shape index (κ2) is 6.70. The van der Waals surface area contributed by atoms with Crippen molar-refractivity contribution < 1.29 is 9.59 Å². The van der Waals surface area contributed by atoms with Crippen molar-refractivity contribution in [3.8, 4) is 0 Å². The number of hydrogen-bond acceptors (Lipinski definition) is 2. The summed E-state index contributed by atoms with van der Waals surface area (Å²) in [5.41, 5.74) is 2.79. The van der Waals surface area contributed by atoms with Gasteiger partial charge in [-0.25, -0.2) is 0 Å². The predicted octanol–water partition coefficient (Wildman–Crippen LogP) is 3.63. The molecule has 0 saturated carbocycles. The lowest BCUT2D eigenvalue weighted by atomic mass is 10.0. The predicted molar refractivity (Wildman–Crippen MR) is 84.6 cm³/mol. The van der Waals surface area contributed by atoms with Crippen LogP contribution in [0.25, 0.3) is 0 Å². The lowest BCUT2D eigenvalue weighted by Gasteiger charge is -2.14. The molecule has 0 aliphatic heterocycles. The van der Waals surface area contributed by atoms with Gasteiger partial charge in [0.05, 0.1) is 11.3 Å². The van der Waals surface area contributed by atoms with Crippen LogP contribution in [0.2, 0.25) is 0 Å². The van der Waals surface area contributed by atoms with Gasteiger partial charge in [0.25, 0.3) is 5.91 Å². The molecule has 0 saturated heterocycles. The third-order valence-corrected chi connectivity index (χ3v) is 3.22. The maximum absolute atomic E-state index is 12.4. The number of rotatable bonds is 5. The SMILES string of the molecule is CC(C)c1ccccc1NC(=O)c1ccccc1NC=O. The molecular weight excluding hydrogens is 264 g/mol. The fraction of sp³-hybridized carbons (Fsp3) is 0.176. The fourth-order valence-electron chi connectivity index (χ4n) is 2.17. The van der Waals surface area contributed by atoms with Crippen LogP contribution in [-0.4, -0.2) is 12.3 Å². The maximum atomic E-state index is 12.4. The van der Waals surface area contributed by atoms with Crippen molar-refractivity contribution in [1.29, 1.82) is 0 Å². The van der Waals surface area contributed by atoms with E-state index in [1.54, 1.807) is 24.3 Å². The molecule has 0 spiro atoms. The van der Waals surface area contributed by atoms with Gasteiger partial charge < -0.3 is 10.6 Å². The Morgan fingerprint density at radius 2 is 1.62 bits per heavy atom. The highest BCUT2D eigenvalue weighted by molar-refractivity contribution is 6.09. The highest BCUT2D eigenvalue weighted by Crippen LogP contribution is 2.25. The first kappa shape index (κ1) is 14.8. The van der Waals surface area contributed by atoms with Crippen LogP contribution in [0.15, 0.2) is 48.5 Å². The lowest BCUT2D eigenvalue weighted by Crippen LogP contribution is -2.15. The minimum absolute atomic E-state index is 0.243. The average Bonchev–Trinajstić information content (AvgIpc) is 2.48. The third kappa shape index (κ3) is 3.48. The molecule has 2 aromatic carbocycles. The highest BCUT2D eigenvalue weighted by atomic mass is 16.2. The highest BCUT2D eigenvalue weighted by Gasteiger charge is 2.13. The van der Waals surface area contributed by atoms with Gasteiger partial charge in [-0.3, -0.25) is 9.59 Å². The van der Waals surface area contributed by atoms with Gasteiger partial charge in [-0.2, -0.15) is 0 Å². The van der Waals surface area contributed by atoms with Gasteiger partial charge >= 0.3 is 0 Å². The number of anilines is 2. The second-order valence-corrected chi connectivity index (χ2v) is 5.00. The number of hydrogen-bond donors (Lipinski definition) is 2. The van der Waals surface area contributed by atoms with Gasteiger partial charge in [-0.1, -0.05) is 44.2 Å². The quantitative estimate of drug-likeness (QED) is 0.823. The molecule has 0 bridgehead atoms. The molecule has 0 radical (unpaired) electrons. The van der Waals surface area contributed by atoms with E-state index in [1.807, 2.05) is 24.3 Å². The zero-order valence-corrected chi connectivity index (χ0v) is 12.1. The number of para-hydroxylation sites is 2. The molecule has 4 heteroatoms. The van der Waals surface area contributed by atoms with Gasteiger partial charge in [-0.15, -0.1) is 0 Å². The standard InChI is InChI=1S/C17H18N2O2/c1-12(2)13-7-3-6-10-16(13)19-17(21)14-8-4-5-9-15(14)18-11-20/h3-12H,1-2H3,(H,18,20)(H,19,21). The second-order valence-electron chi connectivity index (χ2n) is 5.00. The van der Waals surface area contributed by atoms with E-state index >= 15 is 0 Å². The first-order valence-corrected chi connectivity index (χ1v) is 6.83. The van der Waals surface area contributed by atoms with Crippen molar-refractivity contribution in [2.24, 2.45) is 0 Å². The normalized spacial score (nSPS) is 10.2. The van der Waals surface area contributed by atoms with Gasteiger partial charge in [0.15, 0.2) is 0 Å². The minimum atomic E-state index is -0.243. The van der Waals surface area contributed by atoms with E-state index in [-0.39, 0.29) is 5.91 Å². The lowest BCUT2D eigenvalue weighted by molar-refractivity contribution is -0.105. The first-order valence-electron chi connectivity index (χ1n) is 6.83. The molecule has 2 amide bonds. The molecule has 0 aromatic heterocycles. The summed E-state index contributed by atoms with van der Waals surface area (Å²) in [5.74, 6) is 0.0675. The van der Waals surface area contributed by atoms with E-state index in [1.165, 1.54) is 0 Å². The number of carbonyl (C=O) groups excluding carboxylic acids is 2. The topological polar surface area (TPSA) is 58.2 Å². The molecule has 0 fully saturated rings. The Morgan fingerprint density at radius 3 is 2.29 bits per heavy atom. The maximum Gasteiger partial charge on any atom is 0.257 e. The van der Waals surface area contributed by atoms with E-state index in [9.17, 15) is 9.59 Å². The van der Waals surface area contributed by atoms with Crippen LogP contribution in [0.5, 0.6) is 0 Å². The zero-order chi connectivity index (χ0) is 15.2. The molecule has 0 aliphatic rings. The van der Waals surface area contributed by atoms with Crippen molar-refractivity contribution >= 4 is 23.7 Å². The van der Waals surface area contributed by atoms with Crippen molar-refractivity contribution in [3.05, 3.63) is 59.7 Å². The summed E-state index contributed by atoms with van der Waals surface area (Å²) in [6.45, 7) is 4.15. The molecule has 0 atom stereocenters. The third-order valence-electron chi connectivity index (χ3n) is 3.22. The number of amides is 2. The molecule has 0 unspecified atom stereocenters. The molecule has 2 N–H and O–H groups in total. The largest absolute Gasteiger partial charge is 0.328 e. The molecule has 2 rings (SSSR count). The van der Waals surface area contributed by atoms with Crippen LogP contribution in [0.1, 0.15) is 35.7 Å². The van der Waals surface area contributed by atoms with Crippen LogP contribution >= 0.6 is 0 Å². The van der Waals surface area contributed by atoms with Crippen molar-refractivity contribution in [2.45, 2.75) is 19.8 Å². The van der Waals surface area contributed by atoms with Gasteiger partial charge in [0.1, 0.15) is 0 Å². The Hall–Kier alpha value is -2.62. The summed E-state index contributed by atoms with van der Waals surface area (Å²) in [6.07, 6.45) is 0.564. The molecule has 4 nitrogen and oxygen atoms in total. The Labute approximate surface area is 124 Å². The van der Waals surface area contributed by atoms with Crippen LogP contribution in [0.3, 0.4) is 0 Å². The molecule has 21 heavy (non-hydrogen) atoms. The minimum Gasteiger partial charge on any atom is -0.328 e. The van der Waals surface area contributed by atoms with Gasteiger partial charge in [0, 0.05) is 5.69 Å². The van der Waals surface area contributed by atoms with Crippen molar-refractivity contribution in [3.63, 3.8) is 0 Å². The zero-order valence-electron chi connectivity index (χ0n) is 12.1. The van der Waals surface area contributed by atoms with E-state index in [0.29, 0.717) is 23.6 Å². The summed E-state index contributed by atoms with van der Waals surface area (Å²) in [4.78, 5) is 23.0. The van der Waals surface area contributed by atoms with E-state index < -0.39 is 0 Å². The molecule has 0 aliphatic carbocycles. The van der Waals surface area contributed by atoms with Crippen molar-refractivity contribution in [1.82, 2.24) is 0 Å². The fourth-order valence-corrected chi connectivity index (χ4v) is 2.17. The number of carbonyl (C=O) groups is 2. The Bertz CT molecular complexity index is 651. The number of nitrogens with one attached hydrogen (secondary N) is 2. The van der Waals surface area contributed by atoms with Crippen LogP contribution in [-0.2, 0) is 4.79 Å². The number of benzene rings is 2. The van der Waals surface area contributed by atoms with E-state index in [2.05, 4.69) is 24.5 Å². The van der Waals surface area contributed by atoms with Crippen LogP contribution in [0.4, 0.5) is 11.4 Å². The first-order chi connectivity index (χ1) is 10.1. The monoisotopic (exact) mass is 282 g/mol.